The van der Waals surface area contributed by atoms with E-state index in [4.69, 9.17) is 5.73 Å². The monoisotopic (exact) mass is 214 g/mol. The van der Waals surface area contributed by atoms with Gasteiger partial charge in [0.15, 0.2) is 0 Å². The number of nitrogens with one attached hydrogen (secondary N) is 1. The molecule has 14 heavy (non-hydrogen) atoms. The quantitative estimate of drug-likeness (QED) is 0.779. The Balaban J connectivity index is 2.57. The summed E-state index contributed by atoms with van der Waals surface area (Å²) in [7, 11) is 0. The third-order valence-corrected chi connectivity index (χ3v) is 2.84. The van der Waals surface area contributed by atoms with Crippen molar-refractivity contribution < 1.29 is 0 Å². The molecule has 4 nitrogen and oxygen atoms in total. The maximum atomic E-state index is 5.65. The van der Waals surface area contributed by atoms with E-state index in [0.29, 0.717) is 12.5 Å². The van der Waals surface area contributed by atoms with Gasteiger partial charge in [-0.05, 0) is 5.92 Å². The van der Waals surface area contributed by atoms with Gasteiger partial charge in [0.05, 0.1) is 0 Å². The van der Waals surface area contributed by atoms with Crippen molar-refractivity contribution in [3.8, 4) is 0 Å². The molecule has 0 aliphatic rings. The molecule has 1 atom stereocenters. The summed E-state index contributed by atoms with van der Waals surface area (Å²) in [5.41, 5.74) is 5.65. The van der Waals surface area contributed by atoms with Crippen LogP contribution < -0.4 is 11.1 Å². The first-order valence-electron chi connectivity index (χ1n) is 4.96. The fourth-order valence-corrected chi connectivity index (χ4v) is 1.82. The third kappa shape index (κ3) is 2.92. The second-order valence-electron chi connectivity index (χ2n) is 3.60. The van der Waals surface area contributed by atoms with Crippen LogP contribution in [-0.4, -0.2) is 21.9 Å². The van der Waals surface area contributed by atoms with E-state index in [0.717, 1.165) is 17.4 Å². The second kappa shape index (κ2) is 5.26. The van der Waals surface area contributed by atoms with Crippen molar-refractivity contribution in [3.63, 3.8) is 0 Å². The Morgan fingerprint density at radius 2 is 2.21 bits per heavy atom. The average Bonchev–Trinajstić information content (AvgIpc) is 2.61. The minimum Gasteiger partial charge on any atom is -0.356 e. The molecule has 0 saturated heterocycles. The molecule has 3 N–H and O–H groups in total. The maximum absolute atomic E-state index is 5.65. The van der Waals surface area contributed by atoms with Crippen LogP contribution in [0.25, 0.3) is 0 Å². The van der Waals surface area contributed by atoms with Gasteiger partial charge in [0.25, 0.3) is 0 Å². The summed E-state index contributed by atoms with van der Waals surface area (Å²) in [6.07, 6.45) is 0.882. The van der Waals surface area contributed by atoms with Crippen molar-refractivity contribution >= 4 is 16.7 Å². The minimum absolute atomic E-state index is 0.285. The molecule has 1 aromatic rings. The fraction of sp³-hybridized carbons (Fsp3) is 0.778. The summed E-state index contributed by atoms with van der Waals surface area (Å²) < 4.78 is 4.21. The van der Waals surface area contributed by atoms with Crippen LogP contribution in [0.1, 0.15) is 26.6 Å². The van der Waals surface area contributed by atoms with Gasteiger partial charge in [0.2, 0.25) is 5.13 Å². The predicted octanol–water partition coefficient (Wildman–Crippen LogP) is 1.50. The minimum atomic E-state index is 0.285. The standard InChI is InChI=1S/C9H18N4S/c1-4-8-12-9(14-13-8)11-7(5-10)6(2)3/h6-7H,4-5,10H2,1-3H3,(H,11,12,13). The normalized spacial score (nSPS) is 13.2. The number of aryl methyl sites for hydroxylation is 1. The molecule has 0 radical (unpaired) electrons. The third-order valence-electron chi connectivity index (χ3n) is 2.15. The molecule has 1 heterocycles. The molecule has 0 aliphatic heterocycles. The van der Waals surface area contributed by atoms with Crippen molar-refractivity contribution in [2.45, 2.75) is 33.2 Å². The van der Waals surface area contributed by atoms with Gasteiger partial charge in [-0.2, -0.15) is 4.37 Å². The number of aromatic nitrogens is 2. The molecule has 0 bridgehead atoms. The molecule has 5 heteroatoms. The maximum Gasteiger partial charge on any atom is 0.202 e. The highest BCUT2D eigenvalue weighted by atomic mass is 32.1. The van der Waals surface area contributed by atoms with E-state index < -0.39 is 0 Å². The van der Waals surface area contributed by atoms with Crippen LogP contribution in [0, 0.1) is 5.92 Å². The Hall–Kier alpha value is -0.680. The van der Waals surface area contributed by atoms with Crippen molar-refractivity contribution in [2.24, 2.45) is 11.7 Å². The van der Waals surface area contributed by atoms with E-state index in [9.17, 15) is 0 Å². The van der Waals surface area contributed by atoms with Gasteiger partial charge >= 0.3 is 0 Å². The van der Waals surface area contributed by atoms with Gasteiger partial charge in [-0.1, -0.05) is 20.8 Å². The number of anilines is 1. The Labute approximate surface area is 89.1 Å². The molecule has 0 aromatic carbocycles. The van der Waals surface area contributed by atoms with Crippen molar-refractivity contribution in [1.29, 1.82) is 0 Å². The first kappa shape index (κ1) is 11.4. The molecule has 0 saturated carbocycles. The lowest BCUT2D eigenvalue weighted by Gasteiger charge is -2.19. The highest BCUT2D eigenvalue weighted by Gasteiger charge is 2.12. The Bertz CT molecular complexity index is 272. The lowest BCUT2D eigenvalue weighted by atomic mass is 10.1. The second-order valence-corrected chi connectivity index (χ2v) is 4.35. The highest BCUT2D eigenvalue weighted by molar-refractivity contribution is 7.09. The fourth-order valence-electron chi connectivity index (χ4n) is 1.11. The number of hydrogen-bond donors (Lipinski definition) is 2. The smallest absolute Gasteiger partial charge is 0.202 e. The Morgan fingerprint density at radius 3 is 2.64 bits per heavy atom. The van der Waals surface area contributed by atoms with Crippen LogP contribution in [0.3, 0.4) is 0 Å². The molecule has 0 aliphatic carbocycles. The Morgan fingerprint density at radius 1 is 1.50 bits per heavy atom. The SMILES string of the molecule is CCc1nsc(NC(CN)C(C)C)n1. The van der Waals surface area contributed by atoms with Crippen LogP contribution in [0.5, 0.6) is 0 Å². The summed E-state index contributed by atoms with van der Waals surface area (Å²) in [6.45, 7) is 6.96. The zero-order valence-electron chi connectivity index (χ0n) is 8.95. The highest BCUT2D eigenvalue weighted by Crippen LogP contribution is 2.14. The van der Waals surface area contributed by atoms with E-state index in [-0.39, 0.29) is 6.04 Å². The lowest BCUT2D eigenvalue weighted by molar-refractivity contribution is 0.531. The van der Waals surface area contributed by atoms with Crippen LogP contribution in [-0.2, 0) is 6.42 Å². The molecule has 0 amide bonds. The zero-order valence-corrected chi connectivity index (χ0v) is 9.77. The summed E-state index contributed by atoms with van der Waals surface area (Å²) in [5, 5.41) is 4.18. The number of rotatable bonds is 5. The first-order valence-corrected chi connectivity index (χ1v) is 5.73. The molecular formula is C9H18N4S. The van der Waals surface area contributed by atoms with Crippen LogP contribution >= 0.6 is 11.5 Å². The zero-order chi connectivity index (χ0) is 10.6. The van der Waals surface area contributed by atoms with Gasteiger partial charge in [-0.25, -0.2) is 4.98 Å². The summed E-state index contributed by atoms with van der Waals surface area (Å²) in [6, 6.07) is 0.285. The molecular weight excluding hydrogens is 196 g/mol. The summed E-state index contributed by atoms with van der Waals surface area (Å²) >= 11 is 1.41. The van der Waals surface area contributed by atoms with E-state index in [2.05, 4.69) is 35.4 Å². The van der Waals surface area contributed by atoms with E-state index >= 15 is 0 Å². The molecule has 1 unspecified atom stereocenters. The first-order chi connectivity index (χ1) is 6.67. The van der Waals surface area contributed by atoms with Crippen LogP contribution in [0.2, 0.25) is 0 Å². The largest absolute Gasteiger partial charge is 0.356 e. The topological polar surface area (TPSA) is 63.8 Å². The van der Waals surface area contributed by atoms with Gasteiger partial charge in [0, 0.05) is 30.5 Å². The summed E-state index contributed by atoms with van der Waals surface area (Å²) in [5.74, 6) is 1.41. The molecule has 1 aromatic heterocycles. The number of hydrogen-bond acceptors (Lipinski definition) is 5. The van der Waals surface area contributed by atoms with Crippen molar-refractivity contribution in [1.82, 2.24) is 9.36 Å². The molecule has 0 fully saturated rings. The van der Waals surface area contributed by atoms with Gasteiger partial charge < -0.3 is 11.1 Å². The van der Waals surface area contributed by atoms with Crippen LogP contribution in [0.15, 0.2) is 0 Å². The molecule has 0 spiro atoms. The average molecular weight is 214 g/mol. The number of nitrogens with zero attached hydrogens (tertiary/aromatic N) is 2. The lowest BCUT2D eigenvalue weighted by Crippen LogP contribution is -2.33. The molecule has 1 rings (SSSR count). The van der Waals surface area contributed by atoms with Crippen molar-refractivity contribution in [3.05, 3.63) is 5.82 Å². The van der Waals surface area contributed by atoms with Crippen molar-refractivity contribution in [2.75, 3.05) is 11.9 Å². The van der Waals surface area contributed by atoms with E-state index in [1.54, 1.807) is 0 Å². The Kier molecular flexibility index (Phi) is 4.28. The van der Waals surface area contributed by atoms with Gasteiger partial charge in [-0.15, -0.1) is 0 Å². The summed E-state index contributed by atoms with van der Waals surface area (Å²) in [4.78, 5) is 4.34. The van der Waals surface area contributed by atoms with Crippen LogP contribution in [0.4, 0.5) is 5.13 Å². The number of nitrogens with two attached hydrogens (primary N) is 1. The van der Waals surface area contributed by atoms with E-state index in [1.165, 1.54) is 11.5 Å². The van der Waals surface area contributed by atoms with Gasteiger partial charge in [0.1, 0.15) is 5.82 Å². The molecule has 80 valence electrons. The van der Waals surface area contributed by atoms with E-state index in [1.807, 2.05) is 0 Å². The van der Waals surface area contributed by atoms with Gasteiger partial charge in [-0.3, -0.25) is 0 Å². The predicted molar refractivity (Wildman–Crippen MR) is 60.6 cm³/mol.